The van der Waals surface area contributed by atoms with Gasteiger partial charge >= 0.3 is 0 Å². The number of pyridine rings is 1. The molecule has 4 aromatic rings. The molecule has 0 radical (unpaired) electrons. The van der Waals surface area contributed by atoms with Crippen molar-refractivity contribution < 1.29 is 0 Å². The summed E-state index contributed by atoms with van der Waals surface area (Å²) >= 11 is 0. The zero-order valence-electron chi connectivity index (χ0n) is 18.3. The summed E-state index contributed by atoms with van der Waals surface area (Å²) in [5, 5.41) is 8.71. The lowest BCUT2D eigenvalue weighted by atomic mass is 10.0. The molecule has 9 nitrogen and oxygen atoms in total. The van der Waals surface area contributed by atoms with Crippen LogP contribution in [-0.4, -0.2) is 45.3 Å². The first-order valence-corrected chi connectivity index (χ1v) is 11.3. The maximum atomic E-state index is 5.10. The van der Waals surface area contributed by atoms with Gasteiger partial charge in [-0.05, 0) is 38.3 Å². The largest absolute Gasteiger partial charge is 0.341 e. The highest BCUT2D eigenvalue weighted by molar-refractivity contribution is 5.66. The van der Waals surface area contributed by atoms with E-state index in [1.165, 1.54) is 25.7 Å². The number of fused-ring (bicyclic) bond motifs is 3. The summed E-state index contributed by atoms with van der Waals surface area (Å²) in [5.41, 5.74) is 3.70. The zero-order chi connectivity index (χ0) is 21.7. The molecule has 0 N–H and O–H groups in total. The highest BCUT2D eigenvalue weighted by atomic mass is 15.4. The third kappa shape index (κ3) is 2.91. The highest BCUT2D eigenvalue weighted by Gasteiger charge is 2.39. The standard InChI is InChI=1S/C23H25N9/c1-3-19-21-29-26-14-31(21)20-15(2)27-23(28-22(20)32(19)17-8-4-5-9-17)30-12-18(25-13-30)16-7-6-10-24-11-16/h6-7,10-14,17,19H,3-5,8-9H2,1-2H3/t19-/m1/s1. The topological polar surface area (TPSA) is 90.4 Å². The van der Waals surface area contributed by atoms with Gasteiger partial charge in [-0.15, -0.1) is 10.2 Å². The van der Waals surface area contributed by atoms with Crippen LogP contribution in [0, 0.1) is 6.92 Å². The van der Waals surface area contributed by atoms with Crippen molar-refractivity contribution in [3.63, 3.8) is 0 Å². The van der Waals surface area contributed by atoms with Gasteiger partial charge in [0.2, 0.25) is 5.95 Å². The Kier molecular flexibility index (Phi) is 4.48. The first-order valence-electron chi connectivity index (χ1n) is 11.3. The monoisotopic (exact) mass is 427 g/mol. The number of hydrogen-bond donors (Lipinski definition) is 0. The number of imidazole rings is 1. The van der Waals surface area contributed by atoms with Crippen molar-refractivity contribution in [3.8, 4) is 22.9 Å². The van der Waals surface area contributed by atoms with E-state index in [1.807, 2.05) is 36.0 Å². The third-order valence-electron chi connectivity index (χ3n) is 6.60. The van der Waals surface area contributed by atoms with Gasteiger partial charge in [-0.25, -0.2) is 9.97 Å². The van der Waals surface area contributed by atoms with Crippen molar-refractivity contribution in [2.24, 2.45) is 0 Å². The number of hydrogen-bond acceptors (Lipinski definition) is 7. The molecule has 0 aromatic carbocycles. The molecule has 1 aliphatic heterocycles. The van der Waals surface area contributed by atoms with Crippen LogP contribution in [0.1, 0.15) is 56.6 Å². The number of aromatic nitrogens is 8. The quantitative estimate of drug-likeness (QED) is 0.489. The molecule has 9 heteroatoms. The fourth-order valence-corrected chi connectivity index (χ4v) is 5.12. The number of anilines is 1. The van der Waals surface area contributed by atoms with E-state index in [-0.39, 0.29) is 6.04 Å². The molecule has 5 heterocycles. The molecule has 1 saturated carbocycles. The molecule has 0 saturated heterocycles. The highest BCUT2D eigenvalue weighted by Crippen LogP contribution is 2.43. The van der Waals surface area contributed by atoms with E-state index in [0.717, 1.165) is 40.7 Å². The van der Waals surface area contributed by atoms with Crippen molar-refractivity contribution in [1.29, 1.82) is 0 Å². The summed E-state index contributed by atoms with van der Waals surface area (Å²) in [4.78, 5) is 21.2. The van der Waals surface area contributed by atoms with Crippen molar-refractivity contribution in [1.82, 2.24) is 39.3 Å². The van der Waals surface area contributed by atoms with Crippen molar-refractivity contribution in [3.05, 3.63) is 54.9 Å². The average molecular weight is 428 g/mol. The molecular formula is C23H25N9. The van der Waals surface area contributed by atoms with Gasteiger partial charge < -0.3 is 4.90 Å². The summed E-state index contributed by atoms with van der Waals surface area (Å²) in [5.74, 6) is 2.57. The predicted molar refractivity (Wildman–Crippen MR) is 120 cm³/mol. The Morgan fingerprint density at radius 2 is 2.00 bits per heavy atom. The molecule has 2 aliphatic rings. The molecule has 0 unspecified atom stereocenters. The van der Waals surface area contributed by atoms with Crippen LogP contribution in [0.3, 0.4) is 0 Å². The van der Waals surface area contributed by atoms with Crippen LogP contribution in [0.5, 0.6) is 0 Å². The molecule has 32 heavy (non-hydrogen) atoms. The van der Waals surface area contributed by atoms with E-state index in [2.05, 4.69) is 36.6 Å². The molecule has 4 aromatic heterocycles. The van der Waals surface area contributed by atoms with E-state index in [0.29, 0.717) is 12.0 Å². The lowest BCUT2D eigenvalue weighted by molar-refractivity contribution is 0.467. The van der Waals surface area contributed by atoms with Crippen LogP contribution in [0.2, 0.25) is 0 Å². The van der Waals surface area contributed by atoms with Crippen LogP contribution < -0.4 is 4.90 Å². The summed E-state index contributed by atoms with van der Waals surface area (Å²) in [6.07, 6.45) is 14.9. The second-order valence-corrected chi connectivity index (χ2v) is 8.52. The smallest absolute Gasteiger partial charge is 0.237 e. The summed E-state index contributed by atoms with van der Waals surface area (Å²) in [6, 6.07) is 4.53. The van der Waals surface area contributed by atoms with Crippen LogP contribution in [0.25, 0.3) is 22.9 Å². The minimum Gasteiger partial charge on any atom is -0.341 e. The molecule has 0 bridgehead atoms. The van der Waals surface area contributed by atoms with Gasteiger partial charge in [0.15, 0.2) is 11.6 Å². The summed E-state index contributed by atoms with van der Waals surface area (Å²) in [6.45, 7) is 4.24. The van der Waals surface area contributed by atoms with Crippen molar-refractivity contribution >= 4 is 5.82 Å². The predicted octanol–water partition coefficient (Wildman–Crippen LogP) is 3.83. The second-order valence-electron chi connectivity index (χ2n) is 8.52. The number of nitrogens with zero attached hydrogens (tertiary/aromatic N) is 9. The van der Waals surface area contributed by atoms with Crippen LogP contribution in [0.15, 0.2) is 43.4 Å². The maximum absolute atomic E-state index is 5.10. The third-order valence-corrected chi connectivity index (χ3v) is 6.60. The minimum absolute atomic E-state index is 0.156. The molecule has 1 atom stereocenters. The minimum atomic E-state index is 0.156. The Balaban J connectivity index is 1.50. The summed E-state index contributed by atoms with van der Waals surface area (Å²) in [7, 11) is 0. The van der Waals surface area contributed by atoms with Crippen LogP contribution in [0.4, 0.5) is 5.82 Å². The van der Waals surface area contributed by atoms with E-state index in [1.54, 1.807) is 18.9 Å². The average Bonchev–Trinajstić information content (AvgIpc) is 3.60. The fraction of sp³-hybridized carbons (Fsp3) is 0.391. The number of aryl methyl sites for hydroxylation is 1. The molecule has 162 valence electrons. The van der Waals surface area contributed by atoms with Crippen molar-refractivity contribution in [2.45, 2.75) is 58.0 Å². The van der Waals surface area contributed by atoms with E-state index >= 15 is 0 Å². The van der Waals surface area contributed by atoms with Gasteiger partial charge in [0.1, 0.15) is 18.3 Å². The van der Waals surface area contributed by atoms with Gasteiger partial charge in [0.25, 0.3) is 0 Å². The normalized spacial score (nSPS) is 18.1. The molecular weight excluding hydrogens is 402 g/mol. The lowest BCUT2D eigenvalue weighted by Crippen LogP contribution is -2.42. The van der Waals surface area contributed by atoms with Gasteiger partial charge in [-0.1, -0.05) is 19.8 Å². The molecule has 0 spiro atoms. The molecule has 1 aliphatic carbocycles. The molecule has 1 fully saturated rings. The Labute approximate surface area is 186 Å². The van der Waals surface area contributed by atoms with Gasteiger partial charge in [-0.2, -0.15) is 4.98 Å². The second kappa shape index (κ2) is 7.51. The Bertz CT molecular complexity index is 1250. The van der Waals surface area contributed by atoms with E-state index in [9.17, 15) is 0 Å². The van der Waals surface area contributed by atoms with E-state index < -0.39 is 0 Å². The van der Waals surface area contributed by atoms with Crippen LogP contribution >= 0.6 is 0 Å². The van der Waals surface area contributed by atoms with E-state index in [4.69, 9.17) is 9.97 Å². The Hall–Kier alpha value is -3.62. The Morgan fingerprint density at radius 3 is 2.78 bits per heavy atom. The van der Waals surface area contributed by atoms with Gasteiger partial charge in [-0.3, -0.25) is 14.1 Å². The Morgan fingerprint density at radius 1 is 1.12 bits per heavy atom. The SMILES string of the molecule is CC[C@@H]1c2nncn2-c2c(C)nc(-n3cnc(-c4cccnc4)c3)nc2N1C1CCCC1. The summed E-state index contributed by atoms with van der Waals surface area (Å²) < 4.78 is 3.97. The fourth-order valence-electron chi connectivity index (χ4n) is 5.12. The van der Waals surface area contributed by atoms with Gasteiger partial charge in [0.05, 0.1) is 17.4 Å². The number of rotatable bonds is 4. The first-order chi connectivity index (χ1) is 15.7. The van der Waals surface area contributed by atoms with Crippen molar-refractivity contribution in [2.75, 3.05) is 4.90 Å². The van der Waals surface area contributed by atoms with Crippen LogP contribution in [-0.2, 0) is 0 Å². The maximum Gasteiger partial charge on any atom is 0.237 e. The first kappa shape index (κ1) is 19.1. The lowest BCUT2D eigenvalue weighted by Gasteiger charge is -2.41. The zero-order valence-corrected chi connectivity index (χ0v) is 18.3. The van der Waals surface area contributed by atoms with Gasteiger partial charge in [0, 0.05) is 30.2 Å². The molecule has 6 rings (SSSR count). The molecule has 0 amide bonds.